The first-order valence-corrected chi connectivity index (χ1v) is 11.7. The number of fused-ring (bicyclic) bond motifs is 2. The lowest BCUT2D eigenvalue weighted by Gasteiger charge is -2.41. The number of nitriles is 1. The maximum absolute atomic E-state index is 13.6. The lowest BCUT2D eigenvalue weighted by Crippen LogP contribution is -2.51. The fourth-order valence-corrected chi connectivity index (χ4v) is 5.19. The first-order valence-electron chi connectivity index (χ1n) is 11.7. The third-order valence-corrected chi connectivity index (χ3v) is 6.90. The second-order valence-electron chi connectivity index (χ2n) is 9.36. The van der Waals surface area contributed by atoms with Crippen LogP contribution in [0, 0.1) is 17.2 Å². The van der Waals surface area contributed by atoms with E-state index in [0.717, 1.165) is 55.1 Å². The molecule has 2 aliphatic heterocycles. The SMILES string of the molecule is CC(F)(F)c1ccc(CN2C(=O)C3=C(CCC(Cc4cccc(C#N)c4)C3)N3CCN=C23)cc1. The standard InChI is InChI=1S/C27H26F2N4O/c1-27(28,29)22-8-5-18(6-9-22)17-33-25(34)23-15-20(13-19-3-2-4-21(14-19)16-30)7-10-24(23)32-12-11-31-26(32)33/h2-6,8-9,14,20H,7,10-13,15,17H2,1H3. The highest BCUT2D eigenvalue weighted by atomic mass is 19.3. The zero-order valence-electron chi connectivity index (χ0n) is 19.1. The van der Waals surface area contributed by atoms with Crippen LogP contribution in [0.2, 0.25) is 0 Å². The molecule has 0 saturated carbocycles. The van der Waals surface area contributed by atoms with Crippen molar-refractivity contribution in [2.45, 2.75) is 45.1 Å². The first-order chi connectivity index (χ1) is 16.3. The molecule has 0 aromatic heterocycles. The van der Waals surface area contributed by atoms with Crippen LogP contribution in [0.15, 0.2) is 64.8 Å². The van der Waals surface area contributed by atoms with Gasteiger partial charge in [0.05, 0.1) is 24.7 Å². The minimum Gasteiger partial charge on any atom is -0.314 e. The van der Waals surface area contributed by atoms with Gasteiger partial charge in [0.1, 0.15) is 0 Å². The van der Waals surface area contributed by atoms with Gasteiger partial charge in [-0.05, 0) is 54.9 Å². The molecule has 0 radical (unpaired) electrons. The fraction of sp³-hybridized carbons (Fsp3) is 0.370. The number of alkyl halides is 2. The lowest BCUT2D eigenvalue weighted by molar-refractivity contribution is -0.125. The fourth-order valence-electron chi connectivity index (χ4n) is 5.19. The molecular formula is C27H26F2N4O. The minimum absolute atomic E-state index is 0.0349. The molecule has 3 aliphatic rings. The number of benzene rings is 2. The molecule has 1 amide bonds. The Morgan fingerprint density at radius 2 is 1.97 bits per heavy atom. The van der Waals surface area contributed by atoms with Crippen LogP contribution < -0.4 is 0 Å². The second kappa shape index (κ2) is 8.68. The van der Waals surface area contributed by atoms with Gasteiger partial charge in [0.15, 0.2) is 0 Å². The van der Waals surface area contributed by atoms with E-state index in [2.05, 4.69) is 16.0 Å². The Hall–Kier alpha value is -3.53. The summed E-state index contributed by atoms with van der Waals surface area (Å²) in [4.78, 5) is 22.1. The number of carbonyl (C=O) groups excluding carboxylic acids is 1. The molecule has 1 aliphatic carbocycles. The van der Waals surface area contributed by atoms with Crippen molar-refractivity contribution >= 4 is 11.9 Å². The van der Waals surface area contributed by atoms with E-state index in [-0.39, 0.29) is 11.5 Å². The van der Waals surface area contributed by atoms with E-state index in [4.69, 9.17) is 0 Å². The van der Waals surface area contributed by atoms with Crippen LogP contribution in [0.4, 0.5) is 8.78 Å². The normalized spacial score (nSPS) is 20.1. The van der Waals surface area contributed by atoms with E-state index in [1.807, 2.05) is 18.2 Å². The van der Waals surface area contributed by atoms with Gasteiger partial charge < -0.3 is 4.90 Å². The number of aliphatic imine (C=N–C) groups is 1. The van der Waals surface area contributed by atoms with E-state index in [9.17, 15) is 18.8 Å². The summed E-state index contributed by atoms with van der Waals surface area (Å²) in [7, 11) is 0. The largest absolute Gasteiger partial charge is 0.314 e. The summed E-state index contributed by atoms with van der Waals surface area (Å²) < 4.78 is 27.2. The summed E-state index contributed by atoms with van der Waals surface area (Å²) in [6.07, 6.45) is 3.33. The molecule has 5 nitrogen and oxygen atoms in total. The molecule has 0 saturated heterocycles. The predicted molar refractivity (Wildman–Crippen MR) is 125 cm³/mol. The Morgan fingerprint density at radius 3 is 2.71 bits per heavy atom. The van der Waals surface area contributed by atoms with E-state index in [1.54, 1.807) is 23.1 Å². The molecule has 5 rings (SSSR count). The smallest absolute Gasteiger partial charge is 0.270 e. The molecule has 0 bridgehead atoms. The van der Waals surface area contributed by atoms with Gasteiger partial charge >= 0.3 is 0 Å². The van der Waals surface area contributed by atoms with Gasteiger partial charge in [0, 0.05) is 30.3 Å². The summed E-state index contributed by atoms with van der Waals surface area (Å²) in [6, 6.07) is 16.0. The molecule has 2 aromatic rings. The predicted octanol–water partition coefficient (Wildman–Crippen LogP) is 4.98. The quantitative estimate of drug-likeness (QED) is 0.632. The molecule has 174 valence electrons. The maximum atomic E-state index is 13.6. The van der Waals surface area contributed by atoms with Crippen LogP contribution >= 0.6 is 0 Å². The Bertz CT molecular complexity index is 1220. The summed E-state index contributed by atoms with van der Waals surface area (Å²) in [6.45, 7) is 2.58. The third kappa shape index (κ3) is 4.21. The summed E-state index contributed by atoms with van der Waals surface area (Å²) >= 11 is 0. The number of rotatable bonds is 5. The molecule has 1 unspecified atom stereocenters. The van der Waals surface area contributed by atoms with Gasteiger partial charge in [-0.15, -0.1) is 0 Å². The molecule has 0 N–H and O–H groups in total. The van der Waals surface area contributed by atoms with Crippen LogP contribution in [0.3, 0.4) is 0 Å². The van der Waals surface area contributed by atoms with Crippen molar-refractivity contribution < 1.29 is 13.6 Å². The van der Waals surface area contributed by atoms with E-state index < -0.39 is 5.92 Å². The minimum atomic E-state index is -2.89. The van der Waals surface area contributed by atoms with Gasteiger partial charge in [0.2, 0.25) is 5.96 Å². The number of allylic oxidation sites excluding steroid dienone is 1. The topological polar surface area (TPSA) is 59.7 Å². The Balaban J connectivity index is 1.37. The third-order valence-electron chi connectivity index (χ3n) is 6.90. The van der Waals surface area contributed by atoms with Crippen LogP contribution in [0.1, 0.15) is 48.4 Å². The Kier molecular flexibility index (Phi) is 5.68. The zero-order valence-corrected chi connectivity index (χ0v) is 19.1. The molecule has 0 fully saturated rings. The van der Waals surface area contributed by atoms with E-state index in [1.165, 1.54) is 12.1 Å². The number of guanidine groups is 1. The van der Waals surface area contributed by atoms with Gasteiger partial charge in [-0.2, -0.15) is 5.26 Å². The van der Waals surface area contributed by atoms with Crippen molar-refractivity contribution in [3.05, 3.63) is 82.1 Å². The van der Waals surface area contributed by atoms with Crippen LogP contribution in [0.25, 0.3) is 0 Å². The number of carbonyl (C=O) groups is 1. The molecular weight excluding hydrogens is 434 g/mol. The second-order valence-corrected chi connectivity index (χ2v) is 9.36. The van der Waals surface area contributed by atoms with Gasteiger partial charge in [-0.3, -0.25) is 14.7 Å². The molecule has 34 heavy (non-hydrogen) atoms. The van der Waals surface area contributed by atoms with Crippen molar-refractivity contribution in [1.82, 2.24) is 9.80 Å². The number of hydrogen-bond acceptors (Lipinski definition) is 4. The van der Waals surface area contributed by atoms with E-state index in [0.29, 0.717) is 37.0 Å². The average molecular weight is 461 g/mol. The Labute approximate surface area is 198 Å². The highest BCUT2D eigenvalue weighted by Gasteiger charge is 2.41. The van der Waals surface area contributed by atoms with Crippen LogP contribution in [-0.4, -0.2) is 34.8 Å². The van der Waals surface area contributed by atoms with Gasteiger partial charge in [0.25, 0.3) is 11.8 Å². The highest BCUT2D eigenvalue weighted by Crippen LogP contribution is 2.39. The first kappa shape index (κ1) is 22.3. The van der Waals surface area contributed by atoms with Crippen molar-refractivity contribution in [3.8, 4) is 6.07 Å². The molecule has 0 spiro atoms. The van der Waals surface area contributed by atoms with Gasteiger partial charge in [-0.1, -0.05) is 36.4 Å². The molecule has 2 heterocycles. The summed E-state index contributed by atoms with van der Waals surface area (Å²) in [5, 5.41) is 9.19. The van der Waals surface area contributed by atoms with Crippen molar-refractivity contribution in [2.24, 2.45) is 10.9 Å². The monoisotopic (exact) mass is 460 g/mol. The van der Waals surface area contributed by atoms with E-state index >= 15 is 0 Å². The van der Waals surface area contributed by atoms with Gasteiger partial charge in [-0.25, -0.2) is 8.78 Å². The summed E-state index contributed by atoms with van der Waals surface area (Å²) in [5.74, 6) is -1.93. The number of nitrogens with zero attached hydrogens (tertiary/aromatic N) is 4. The van der Waals surface area contributed by atoms with Crippen molar-refractivity contribution in [2.75, 3.05) is 13.1 Å². The lowest BCUT2D eigenvalue weighted by atomic mass is 9.81. The highest BCUT2D eigenvalue weighted by molar-refractivity contribution is 6.09. The summed E-state index contributed by atoms with van der Waals surface area (Å²) in [5.41, 5.74) is 4.44. The molecule has 7 heteroatoms. The Morgan fingerprint density at radius 1 is 1.18 bits per heavy atom. The van der Waals surface area contributed by atoms with Crippen LogP contribution in [-0.2, 0) is 23.7 Å². The maximum Gasteiger partial charge on any atom is 0.270 e. The number of amides is 1. The number of halogens is 2. The average Bonchev–Trinajstić information content (AvgIpc) is 3.31. The molecule has 1 atom stereocenters. The zero-order chi connectivity index (χ0) is 23.9. The number of hydrogen-bond donors (Lipinski definition) is 0. The van der Waals surface area contributed by atoms with Crippen LogP contribution in [0.5, 0.6) is 0 Å². The molecule has 2 aromatic carbocycles. The van der Waals surface area contributed by atoms with Crippen molar-refractivity contribution in [3.63, 3.8) is 0 Å². The van der Waals surface area contributed by atoms with Crippen molar-refractivity contribution in [1.29, 1.82) is 5.26 Å².